The summed E-state index contributed by atoms with van der Waals surface area (Å²) in [6, 6.07) is 0. The summed E-state index contributed by atoms with van der Waals surface area (Å²) >= 11 is 6.59. The minimum atomic E-state index is -1.78. The number of aryl methyl sites for hydroxylation is 1. The van der Waals surface area contributed by atoms with Crippen LogP contribution >= 0.6 is 23.6 Å². The first-order chi connectivity index (χ1) is 6.79. The van der Waals surface area contributed by atoms with Crippen LogP contribution in [-0.2, 0) is 15.8 Å². The van der Waals surface area contributed by atoms with E-state index in [2.05, 4.69) is 0 Å². The normalized spacial score (nSPS) is 11.5. The molecule has 0 unspecified atom stereocenters. The molecule has 0 aliphatic rings. The Kier molecular flexibility index (Phi) is 3.85. The van der Waals surface area contributed by atoms with E-state index in [9.17, 15) is 4.79 Å². The number of carbonyl (C=O) groups excluding carboxylic acids is 1. The van der Waals surface area contributed by atoms with E-state index in [1.165, 1.54) is 11.3 Å². The maximum Gasteiger partial charge on any atom is 0.312 e. The van der Waals surface area contributed by atoms with Gasteiger partial charge in [-0.25, -0.2) is 0 Å². The number of nitrogens with zero attached hydrogens (tertiary/aromatic N) is 1. The van der Waals surface area contributed by atoms with Crippen LogP contribution < -0.4 is 0 Å². The second-order valence-corrected chi connectivity index (χ2v) is 10.2. The topological polar surface area (TPSA) is 31.2 Å². The number of hydrogen-bond acceptors (Lipinski definition) is 4. The quantitative estimate of drug-likeness (QED) is 0.619. The second kappa shape index (κ2) is 4.59. The lowest BCUT2D eigenvalue weighted by molar-refractivity contribution is -0.135. The van der Waals surface area contributed by atoms with Gasteiger partial charge in [-0.05, 0) is 38.8 Å². The van der Waals surface area contributed by atoms with Crippen LogP contribution in [0.4, 0.5) is 0 Å². The van der Waals surface area contributed by atoms with Gasteiger partial charge in [-0.1, -0.05) is 0 Å². The fourth-order valence-electron chi connectivity index (χ4n) is 1.10. The third-order valence-electron chi connectivity index (χ3n) is 1.68. The van der Waals surface area contributed by atoms with Gasteiger partial charge < -0.3 is 8.99 Å². The molecule has 15 heavy (non-hydrogen) atoms. The molecule has 0 saturated heterocycles. The maximum absolute atomic E-state index is 11.6. The lowest BCUT2D eigenvalue weighted by Gasteiger charge is -2.17. The molecule has 1 heterocycles. The molecule has 0 spiro atoms. The molecule has 1 aromatic rings. The van der Waals surface area contributed by atoms with Crippen LogP contribution in [0.25, 0.3) is 0 Å². The monoisotopic (exact) mass is 261 g/mol. The molecule has 84 valence electrons. The largest absolute Gasteiger partial charge is 0.519 e. The average molecular weight is 261 g/mol. The molecule has 1 aromatic heterocycles. The van der Waals surface area contributed by atoms with Crippen LogP contribution in [-0.4, -0.2) is 18.9 Å². The molecular weight excluding hydrogens is 246 g/mol. The summed E-state index contributed by atoms with van der Waals surface area (Å²) in [4.78, 5) is 11.6. The zero-order valence-corrected chi connectivity index (χ0v) is 12.0. The molecule has 0 aromatic carbocycles. The summed E-state index contributed by atoms with van der Waals surface area (Å²) in [6.45, 7) is 8.15. The highest BCUT2D eigenvalue weighted by atomic mass is 32.1. The molecule has 0 radical (unpaired) electrons. The molecule has 0 amide bonds. The van der Waals surface area contributed by atoms with Gasteiger partial charge in [-0.2, -0.15) is 0 Å². The predicted octanol–water partition coefficient (Wildman–Crippen LogP) is 2.97. The molecule has 0 bridgehead atoms. The Labute approximate surface area is 99.8 Å². The number of rotatable bonds is 3. The van der Waals surface area contributed by atoms with Crippen molar-refractivity contribution in [2.24, 2.45) is 0 Å². The van der Waals surface area contributed by atoms with Crippen molar-refractivity contribution in [3.8, 4) is 0 Å². The van der Waals surface area contributed by atoms with Crippen molar-refractivity contribution < 1.29 is 9.22 Å². The Morgan fingerprint density at radius 2 is 2.20 bits per heavy atom. The fourth-order valence-corrected chi connectivity index (χ4v) is 2.93. The van der Waals surface area contributed by atoms with Crippen LogP contribution in [0.3, 0.4) is 0 Å². The van der Waals surface area contributed by atoms with Crippen molar-refractivity contribution in [2.75, 3.05) is 0 Å². The number of carbonyl (C=O) groups is 1. The van der Waals surface area contributed by atoms with Gasteiger partial charge in [-0.15, -0.1) is 11.3 Å². The van der Waals surface area contributed by atoms with Crippen molar-refractivity contribution in [3.05, 3.63) is 15.0 Å². The standard InChI is InChI=1S/C9H15NO2S2Si/c1-7-6-14-9(13)10(7)5-8(11)12-15(2,3)4/h6H,5H2,1-4H3. The summed E-state index contributed by atoms with van der Waals surface area (Å²) in [6.07, 6.45) is 0. The summed E-state index contributed by atoms with van der Waals surface area (Å²) in [5.74, 6) is -0.188. The predicted molar refractivity (Wildman–Crippen MR) is 67.3 cm³/mol. The molecule has 3 nitrogen and oxygen atoms in total. The van der Waals surface area contributed by atoms with Gasteiger partial charge in [0.2, 0.25) is 8.32 Å². The van der Waals surface area contributed by atoms with Crippen LogP contribution in [0.2, 0.25) is 19.6 Å². The van der Waals surface area contributed by atoms with Crippen molar-refractivity contribution in [3.63, 3.8) is 0 Å². The van der Waals surface area contributed by atoms with E-state index < -0.39 is 8.32 Å². The number of aromatic nitrogens is 1. The fraction of sp³-hybridized carbons (Fsp3) is 0.556. The van der Waals surface area contributed by atoms with E-state index in [4.69, 9.17) is 16.6 Å². The summed E-state index contributed by atoms with van der Waals surface area (Å²) < 4.78 is 7.89. The zero-order valence-electron chi connectivity index (χ0n) is 9.36. The van der Waals surface area contributed by atoms with Crippen LogP contribution in [0, 0.1) is 10.9 Å². The van der Waals surface area contributed by atoms with E-state index in [0.29, 0.717) is 0 Å². The summed E-state index contributed by atoms with van der Waals surface area (Å²) in [5, 5.41) is 1.95. The van der Waals surface area contributed by atoms with Crippen molar-refractivity contribution in [2.45, 2.75) is 33.1 Å². The number of hydrogen-bond donors (Lipinski definition) is 0. The molecule has 1 rings (SSSR count). The van der Waals surface area contributed by atoms with E-state index in [0.717, 1.165) is 9.65 Å². The zero-order chi connectivity index (χ0) is 11.6. The van der Waals surface area contributed by atoms with Crippen LogP contribution in [0.5, 0.6) is 0 Å². The highest BCUT2D eigenvalue weighted by Crippen LogP contribution is 2.11. The van der Waals surface area contributed by atoms with Crippen molar-refractivity contribution in [1.29, 1.82) is 0 Å². The van der Waals surface area contributed by atoms with Crippen molar-refractivity contribution in [1.82, 2.24) is 4.57 Å². The first kappa shape index (κ1) is 12.6. The highest BCUT2D eigenvalue weighted by molar-refractivity contribution is 7.73. The van der Waals surface area contributed by atoms with Gasteiger partial charge >= 0.3 is 5.97 Å². The lowest BCUT2D eigenvalue weighted by Crippen LogP contribution is -2.31. The van der Waals surface area contributed by atoms with Gasteiger partial charge in [0.05, 0.1) is 0 Å². The Bertz CT molecular complexity index is 416. The van der Waals surface area contributed by atoms with Gasteiger partial charge in [0.1, 0.15) is 6.54 Å². The minimum Gasteiger partial charge on any atom is -0.519 e. The Morgan fingerprint density at radius 3 is 2.60 bits per heavy atom. The summed E-state index contributed by atoms with van der Waals surface area (Å²) in [7, 11) is -1.78. The Balaban J connectivity index is 2.72. The molecule has 6 heteroatoms. The van der Waals surface area contributed by atoms with Gasteiger partial charge in [0.15, 0.2) is 3.95 Å². The van der Waals surface area contributed by atoms with Crippen LogP contribution in [0.1, 0.15) is 5.69 Å². The molecule has 0 fully saturated rings. The maximum atomic E-state index is 11.6. The van der Waals surface area contributed by atoms with Gasteiger partial charge in [-0.3, -0.25) is 4.79 Å². The SMILES string of the molecule is Cc1csc(=S)n1CC(=O)O[Si](C)(C)C. The molecule has 0 N–H and O–H groups in total. The van der Waals surface area contributed by atoms with E-state index in [1.54, 1.807) is 0 Å². The second-order valence-electron chi connectivity index (χ2n) is 4.32. The molecular formula is C9H15NO2S2Si. The van der Waals surface area contributed by atoms with E-state index in [-0.39, 0.29) is 12.5 Å². The Hall–Kier alpha value is -0.463. The van der Waals surface area contributed by atoms with Gasteiger partial charge in [0, 0.05) is 11.1 Å². The van der Waals surface area contributed by atoms with Crippen molar-refractivity contribution >= 4 is 37.8 Å². The minimum absolute atomic E-state index is 0.188. The molecule has 0 saturated carbocycles. The Morgan fingerprint density at radius 1 is 1.60 bits per heavy atom. The number of thiazole rings is 1. The molecule has 0 aliphatic heterocycles. The third-order valence-corrected chi connectivity index (χ3v) is 3.91. The molecule has 0 atom stereocenters. The average Bonchev–Trinajstić information content (AvgIpc) is 2.32. The molecule has 0 aliphatic carbocycles. The van der Waals surface area contributed by atoms with Gasteiger partial charge in [0.25, 0.3) is 0 Å². The smallest absolute Gasteiger partial charge is 0.312 e. The van der Waals surface area contributed by atoms with E-state index in [1.807, 2.05) is 36.5 Å². The van der Waals surface area contributed by atoms with E-state index >= 15 is 0 Å². The summed E-state index contributed by atoms with van der Waals surface area (Å²) in [5.41, 5.74) is 1.01. The first-order valence-corrected chi connectivity index (χ1v) is 9.36. The third kappa shape index (κ3) is 3.88. The first-order valence-electron chi connectivity index (χ1n) is 4.66. The lowest BCUT2D eigenvalue weighted by atomic mass is 10.5. The van der Waals surface area contributed by atoms with Crippen LogP contribution in [0.15, 0.2) is 5.38 Å². The highest BCUT2D eigenvalue weighted by Gasteiger charge is 2.20.